The summed E-state index contributed by atoms with van der Waals surface area (Å²) in [5, 5.41) is 18.0. The maximum atomic E-state index is 9.27. The van der Waals surface area contributed by atoms with E-state index in [4.69, 9.17) is 9.84 Å². The van der Waals surface area contributed by atoms with Gasteiger partial charge in [0, 0.05) is 0 Å². The smallest absolute Gasteiger partial charge is 0.100 e. The van der Waals surface area contributed by atoms with Crippen LogP contribution in [0.4, 0.5) is 0 Å². The minimum Gasteiger partial charge on any atom is -0.394 e. The fourth-order valence-electron chi connectivity index (χ4n) is 2.41. The first-order chi connectivity index (χ1) is 7.47. The van der Waals surface area contributed by atoms with Crippen LogP contribution in [0.25, 0.3) is 0 Å². The zero-order valence-electron chi connectivity index (χ0n) is 10.8. The Bertz CT molecular complexity index is 195. The molecule has 1 saturated carbocycles. The maximum absolute atomic E-state index is 9.27. The van der Waals surface area contributed by atoms with Crippen LogP contribution >= 0.6 is 0 Å². The van der Waals surface area contributed by atoms with Crippen molar-refractivity contribution >= 4 is 0 Å². The molecule has 96 valence electrons. The van der Waals surface area contributed by atoms with Crippen LogP contribution in [0.1, 0.15) is 46.5 Å². The summed E-state index contributed by atoms with van der Waals surface area (Å²) < 4.78 is 5.74. The Morgan fingerprint density at radius 1 is 1.31 bits per heavy atom. The van der Waals surface area contributed by atoms with Gasteiger partial charge in [0.25, 0.3) is 0 Å². The second-order valence-electron chi connectivity index (χ2n) is 5.68. The minimum absolute atomic E-state index is 0.0957. The molecule has 1 atom stereocenters. The predicted octanol–water partition coefficient (Wildman–Crippen LogP) is 1.96. The molecular weight excluding hydrogens is 204 g/mol. The predicted molar refractivity (Wildman–Crippen MR) is 64.2 cm³/mol. The highest BCUT2D eigenvalue weighted by Gasteiger charge is 2.33. The van der Waals surface area contributed by atoms with Gasteiger partial charge in [0.2, 0.25) is 0 Å². The highest BCUT2D eigenvalue weighted by Crippen LogP contribution is 2.37. The summed E-state index contributed by atoms with van der Waals surface area (Å²) in [5.41, 5.74) is -0.0957. The summed E-state index contributed by atoms with van der Waals surface area (Å²) in [7, 11) is 0. The van der Waals surface area contributed by atoms with Gasteiger partial charge in [0.1, 0.15) is 6.10 Å². The second-order valence-corrected chi connectivity index (χ2v) is 5.68. The highest BCUT2D eigenvalue weighted by atomic mass is 16.5. The molecule has 16 heavy (non-hydrogen) atoms. The van der Waals surface area contributed by atoms with Gasteiger partial charge in [0.15, 0.2) is 0 Å². The number of aliphatic hydroxyl groups excluding tert-OH is 2. The van der Waals surface area contributed by atoms with E-state index < -0.39 is 6.10 Å². The lowest BCUT2D eigenvalue weighted by Gasteiger charge is -2.39. The molecule has 0 saturated heterocycles. The molecule has 0 unspecified atom stereocenters. The summed E-state index contributed by atoms with van der Waals surface area (Å²) in [5.74, 6) is 1.58. The highest BCUT2D eigenvalue weighted by molar-refractivity contribution is 4.84. The normalized spacial score (nSPS) is 33.0. The molecule has 0 radical (unpaired) electrons. The largest absolute Gasteiger partial charge is 0.394 e. The fourth-order valence-corrected chi connectivity index (χ4v) is 2.41. The van der Waals surface area contributed by atoms with Crippen LogP contribution in [0, 0.1) is 11.8 Å². The number of hydrogen-bond donors (Lipinski definition) is 2. The molecule has 0 heterocycles. The Morgan fingerprint density at radius 3 is 2.31 bits per heavy atom. The van der Waals surface area contributed by atoms with Crippen LogP contribution < -0.4 is 0 Å². The van der Waals surface area contributed by atoms with Gasteiger partial charge < -0.3 is 14.9 Å². The Morgan fingerprint density at radius 2 is 1.88 bits per heavy atom. The Balaban J connectivity index is 2.32. The lowest BCUT2D eigenvalue weighted by molar-refractivity contribution is -0.103. The van der Waals surface area contributed by atoms with E-state index in [-0.39, 0.29) is 18.8 Å². The van der Waals surface area contributed by atoms with Crippen molar-refractivity contribution in [1.82, 2.24) is 0 Å². The molecule has 3 nitrogen and oxygen atoms in total. The summed E-state index contributed by atoms with van der Waals surface area (Å²) in [4.78, 5) is 0. The monoisotopic (exact) mass is 230 g/mol. The molecule has 0 bridgehead atoms. The number of hydrogen-bond acceptors (Lipinski definition) is 3. The van der Waals surface area contributed by atoms with Gasteiger partial charge in [-0.2, -0.15) is 0 Å². The zero-order valence-corrected chi connectivity index (χ0v) is 10.8. The van der Waals surface area contributed by atoms with Gasteiger partial charge in [-0.05, 0) is 44.4 Å². The van der Waals surface area contributed by atoms with Gasteiger partial charge in [-0.1, -0.05) is 13.8 Å². The standard InChI is InChI=1S/C13H26O3/c1-10(2)11-4-6-13(3,7-5-11)16-9-12(15)8-14/h10-12,14-15H,4-9H2,1-3H3/t11?,12-,13?/m1/s1. The van der Waals surface area contributed by atoms with Crippen molar-refractivity contribution in [2.45, 2.75) is 58.2 Å². The molecule has 0 spiro atoms. The van der Waals surface area contributed by atoms with Gasteiger partial charge in [-0.3, -0.25) is 0 Å². The Labute approximate surface area is 98.8 Å². The van der Waals surface area contributed by atoms with E-state index in [1.54, 1.807) is 0 Å². The topological polar surface area (TPSA) is 49.7 Å². The van der Waals surface area contributed by atoms with Crippen molar-refractivity contribution in [2.75, 3.05) is 13.2 Å². The second kappa shape index (κ2) is 5.99. The third-order valence-corrected chi connectivity index (χ3v) is 3.87. The fraction of sp³-hybridized carbons (Fsp3) is 1.00. The first-order valence-electron chi connectivity index (χ1n) is 6.40. The first-order valence-corrected chi connectivity index (χ1v) is 6.40. The minimum atomic E-state index is -0.736. The van der Waals surface area contributed by atoms with Crippen molar-refractivity contribution < 1.29 is 14.9 Å². The van der Waals surface area contributed by atoms with E-state index in [2.05, 4.69) is 20.8 Å². The van der Waals surface area contributed by atoms with E-state index >= 15 is 0 Å². The van der Waals surface area contributed by atoms with Gasteiger partial charge in [-0.25, -0.2) is 0 Å². The lowest BCUT2D eigenvalue weighted by Crippen LogP contribution is -2.38. The van der Waals surface area contributed by atoms with Crippen molar-refractivity contribution in [3.05, 3.63) is 0 Å². The van der Waals surface area contributed by atoms with Gasteiger partial charge in [-0.15, -0.1) is 0 Å². The van der Waals surface area contributed by atoms with Crippen LogP contribution in [0.3, 0.4) is 0 Å². The molecule has 0 aliphatic heterocycles. The molecule has 0 aromatic rings. The van der Waals surface area contributed by atoms with Crippen LogP contribution in [0.5, 0.6) is 0 Å². The summed E-state index contributed by atoms with van der Waals surface area (Å²) in [6, 6.07) is 0. The van der Waals surface area contributed by atoms with E-state index in [9.17, 15) is 5.11 Å². The molecule has 1 fully saturated rings. The average Bonchev–Trinajstić information content (AvgIpc) is 2.26. The molecule has 2 N–H and O–H groups in total. The molecule has 3 heteroatoms. The molecule has 1 aliphatic rings. The molecule has 0 aromatic carbocycles. The van der Waals surface area contributed by atoms with Crippen LogP contribution in [0.2, 0.25) is 0 Å². The number of aliphatic hydroxyl groups is 2. The summed E-state index contributed by atoms with van der Waals surface area (Å²) in [6.07, 6.45) is 3.81. The zero-order chi connectivity index (χ0) is 12.2. The Kier molecular flexibility index (Phi) is 5.22. The molecule has 0 amide bonds. The van der Waals surface area contributed by atoms with Crippen molar-refractivity contribution in [3.63, 3.8) is 0 Å². The summed E-state index contributed by atoms with van der Waals surface area (Å²) >= 11 is 0. The third kappa shape index (κ3) is 4.04. The number of rotatable bonds is 5. The van der Waals surface area contributed by atoms with E-state index in [1.165, 1.54) is 12.8 Å². The first kappa shape index (κ1) is 13.9. The average molecular weight is 230 g/mol. The van der Waals surface area contributed by atoms with E-state index in [0.29, 0.717) is 0 Å². The number of ether oxygens (including phenoxy) is 1. The van der Waals surface area contributed by atoms with E-state index in [0.717, 1.165) is 24.7 Å². The molecule has 1 aliphatic carbocycles. The van der Waals surface area contributed by atoms with Crippen molar-refractivity contribution in [3.8, 4) is 0 Å². The maximum Gasteiger partial charge on any atom is 0.100 e. The van der Waals surface area contributed by atoms with Crippen molar-refractivity contribution in [1.29, 1.82) is 0 Å². The Hall–Kier alpha value is -0.120. The van der Waals surface area contributed by atoms with Gasteiger partial charge in [0.05, 0.1) is 18.8 Å². The van der Waals surface area contributed by atoms with Gasteiger partial charge >= 0.3 is 0 Å². The molecule has 0 aromatic heterocycles. The van der Waals surface area contributed by atoms with E-state index in [1.807, 2.05) is 0 Å². The van der Waals surface area contributed by atoms with Crippen LogP contribution in [0.15, 0.2) is 0 Å². The van der Waals surface area contributed by atoms with Crippen molar-refractivity contribution in [2.24, 2.45) is 11.8 Å². The SMILES string of the molecule is CC(C)C1CCC(C)(OC[C@H](O)CO)CC1. The molecule has 1 rings (SSSR count). The molecular formula is C13H26O3. The van der Waals surface area contributed by atoms with Crippen LogP contribution in [-0.4, -0.2) is 35.1 Å². The van der Waals surface area contributed by atoms with Crippen LogP contribution in [-0.2, 0) is 4.74 Å². The lowest BCUT2D eigenvalue weighted by atomic mass is 9.75. The summed E-state index contributed by atoms with van der Waals surface area (Å²) in [6.45, 7) is 6.71. The third-order valence-electron chi connectivity index (χ3n) is 3.87. The quantitative estimate of drug-likeness (QED) is 0.759.